The number of hydrogen-bond donors (Lipinski definition) is 1. The van der Waals surface area contributed by atoms with Gasteiger partial charge in [-0.1, -0.05) is 31.2 Å². The SMILES string of the molecule is CCc1ccc(OCCC(=O)Nc2cccc(-c3csc(-c4cccnc4)n3)c2)cc1. The zero-order chi connectivity index (χ0) is 21.5. The van der Waals surface area contributed by atoms with Crippen molar-refractivity contribution in [1.29, 1.82) is 0 Å². The maximum atomic E-state index is 12.3. The Hall–Kier alpha value is -3.51. The Balaban J connectivity index is 1.34. The van der Waals surface area contributed by atoms with Crippen LogP contribution < -0.4 is 10.1 Å². The molecule has 0 saturated heterocycles. The van der Waals surface area contributed by atoms with Gasteiger partial charge in [0.15, 0.2) is 0 Å². The predicted octanol–water partition coefficient (Wildman–Crippen LogP) is 5.84. The Morgan fingerprint density at radius 3 is 2.68 bits per heavy atom. The van der Waals surface area contributed by atoms with Crippen molar-refractivity contribution in [3.63, 3.8) is 0 Å². The van der Waals surface area contributed by atoms with Crippen LogP contribution in [0.2, 0.25) is 0 Å². The molecule has 31 heavy (non-hydrogen) atoms. The molecule has 0 bridgehead atoms. The average molecular weight is 430 g/mol. The molecular formula is C25H23N3O2S. The lowest BCUT2D eigenvalue weighted by molar-refractivity contribution is -0.116. The maximum absolute atomic E-state index is 12.3. The van der Waals surface area contributed by atoms with E-state index < -0.39 is 0 Å². The average Bonchev–Trinajstić information content (AvgIpc) is 3.31. The van der Waals surface area contributed by atoms with Crippen LogP contribution in [0.15, 0.2) is 78.4 Å². The van der Waals surface area contributed by atoms with E-state index in [2.05, 4.69) is 17.2 Å². The number of benzene rings is 2. The molecule has 4 rings (SSSR count). The van der Waals surface area contributed by atoms with Gasteiger partial charge in [0, 0.05) is 34.6 Å². The van der Waals surface area contributed by atoms with Crippen LogP contribution in [0.3, 0.4) is 0 Å². The van der Waals surface area contributed by atoms with E-state index in [9.17, 15) is 4.79 Å². The van der Waals surface area contributed by atoms with Gasteiger partial charge in [0.2, 0.25) is 5.91 Å². The number of ether oxygens (including phenoxy) is 1. The second-order valence-corrected chi connectivity index (χ2v) is 7.86. The first kappa shape index (κ1) is 20.8. The highest BCUT2D eigenvalue weighted by Gasteiger charge is 2.09. The molecule has 1 N–H and O–H groups in total. The van der Waals surface area contributed by atoms with Crippen molar-refractivity contribution in [3.05, 3.63) is 84.0 Å². The summed E-state index contributed by atoms with van der Waals surface area (Å²) in [5.74, 6) is 0.691. The minimum absolute atomic E-state index is 0.0864. The fourth-order valence-electron chi connectivity index (χ4n) is 3.09. The first-order chi connectivity index (χ1) is 15.2. The minimum atomic E-state index is -0.0864. The Morgan fingerprint density at radius 1 is 1.06 bits per heavy atom. The Kier molecular flexibility index (Phi) is 6.69. The molecule has 6 heteroatoms. The molecule has 0 saturated carbocycles. The summed E-state index contributed by atoms with van der Waals surface area (Å²) in [5, 5.41) is 5.87. The number of anilines is 1. The maximum Gasteiger partial charge on any atom is 0.227 e. The van der Waals surface area contributed by atoms with Crippen molar-refractivity contribution >= 4 is 22.9 Å². The van der Waals surface area contributed by atoms with Crippen LogP contribution in [0, 0.1) is 0 Å². The molecule has 156 valence electrons. The predicted molar refractivity (Wildman–Crippen MR) is 125 cm³/mol. The molecule has 2 heterocycles. The molecule has 2 aromatic carbocycles. The molecule has 4 aromatic rings. The molecule has 0 atom stereocenters. The van der Waals surface area contributed by atoms with Gasteiger partial charge >= 0.3 is 0 Å². The summed E-state index contributed by atoms with van der Waals surface area (Å²) in [6, 6.07) is 19.6. The zero-order valence-corrected chi connectivity index (χ0v) is 18.1. The lowest BCUT2D eigenvalue weighted by Crippen LogP contribution is -2.15. The Bertz CT molecular complexity index is 1140. The molecule has 0 aliphatic rings. The molecule has 0 fully saturated rings. The van der Waals surface area contributed by atoms with Gasteiger partial charge in [-0.3, -0.25) is 9.78 Å². The number of nitrogens with zero attached hydrogens (tertiary/aromatic N) is 2. The van der Waals surface area contributed by atoms with Crippen molar-refractivity contribution < 1.29 is 9.53 Å². The standard InChI is InChI=1S/C25H23N3O2S/c1-2-18-8-10-22(11-9-18)30-14-12-24(29)27-21-7-3-5-19(15-21)23-17-31-25(28-23)20-6-4-13-26-16-20/h3-11,13,15-17H,2,12,14H2,1H3,(H,27,29). The monoisotopic (exact) mass is 429 g/mol. The van der Waals surface area contributed by atoms with Gasteiger partial charge in [0.1, 0.15) is 10.8 Å². The highest BCUT2D eigenvalue weighted by atomic mass is 32.1. The van der Waals surface area contributed by atoms with Gasteiger partial charge < -0.3 is 10.1 Å². The molecule has 0 unspecified atom stereocenters. The zero-order valence-electron chi connectivity index (χ0n) is 17.2. The Morgan fingerprint density at radius 2 is 1.90 bits per heavy atom. The number of hydrogen-bond acceptors (Lipinski definition) is 5. The van der Waals surface area contributed by atoms with E-state index in [1.807, 2.05) is 66.0 Å². The fraction of sp³-hybridized carbons (Fsp3) is 0.160. The van der Waals surface area contributed by atoms with E-state index in [1.165, 1.54) is 5.56 Å². The Labute approximate surface area is 185 Å². The number of aryl methyl sites for hydroxylation is 1. The first-order valence-corrected chi connectivity index (χ1v) is 11.1. The van der Waals surface area contributed by atoms with E-state index >= 15 is 0 Å². The van der Waals surface area contributed by atoms with Gasteiger partial charge in [-0.05, 0) is 48.4 Å². The number of amides is 1. The fourth-order valence-corrected chi connectivity index (χ4v) is 3.91. The summed E-state index contributed by atoms with van der Waals surface area (Å²) >= 11 is 1.57. The second kappa shape index (κ2) is 10.00. The summed E-state index contributed by atoms with van der Waals surface area (Å²) in [6.07, 6.45) is 4.83. The van der Waals surface area contributed by atoms with Gasteiger partial charge in [0.25, 0.3) is 0 Å². The van der Waals surface area contributed by atoms with Crippen LogP contribution in [-0.4, -0.2) is 22.5 Å². The summed E-state index contributed by atoms with van der Waals surface area (Å²) in [5.41, 5.74) is 4.83. The van der Waals surface area contributed by atoms with Crippen molar-refractivity contribution in [2.24, 2.45) is 0 Å². The number of aromatic nitrogens is 2. The smallest absolute Gasteiger partial charge is 0.227 e. The van der Waals surface area contributed by atoms with Crippen LogP contribution in [0.25, 0.3) is 21.8 Å². The summed E-state index contributed by atoms with van der Waals surface area (Å²) in [4.78, 5) is 21.2. The van der Waals surface area contributed by atoms with E-state index in [0.717, 1.165) is 39.7 Å². The summed E-state index contributed by atoms with van der Waals surface area (Å²) in [6.45, 7) is 2.45. The van der Waals surface area contributed by atoms with Crippen molar-refractivity contribution in [1.82, 2.24) is 9.97 Å². The lowest BCUT2D eigenvalue weighted by atomic mass is 10.1. The molecule has 0 aliphatic heterocycles. The van der Waals surface area contributed by atoms with E-state index in [4.69, 9.17) is 9.72 Å². The van der Waals surface area contributed by atoms with E-state index in [0.29, 0.717) is 6.61 Å². The number of carbonyl (C=O) groups is 1. The lowest BCUT2D eigenvalue weighted by Gasteiger charge is -2.08. The third-order valence-electron chi connectivity index (χ3n) is 4.78. The molecule has 2 aromatic heterocycles. The second-order valence-electron chi connectivity index (χ2n) is 7.00. The number of rotatable bonds is 8. The van der Waals surface area contributed by atoms with Crippen LogP contribution in [0.1, 0.15) is 18.9 Å². The number of pyridine rings is 1. The van der Waals surface area contributed by atoms with Crippen molar-refractivity contribution in [3.8, 4) is 27.6 Å². The quantitative estimate of drug-likeness (QED) is 0.382. The van der Waals surface area contributed by atoms with Gasteiger partial charge in [-0.15, -0.1) is 11.3 Å². The largest absolute Gasteiger partial charge is 0.493 e. The van der Waals surface area contributed by atoms with Crippen LogP contribution >= 0.6 is 11.3 Å². The minimum Gasteiger partial charge on any atom is -0.493 e. The number of carbonyl (C=O) groups excluding carboxylic acids is 1. The number of nitrogens with one attached hydrogen (secondary N) is 1. The van der Waals surface area contributed by atoms with Gasteiger partial charge in [-0.2, -0.15) is 0 Å². The normalized spacial score (nSPS) is 10.6. The highest BCUT2D eigenvalue weighted by molar-refractivity contribution is 7.13. The first-order valence-electron chi connectivity index (χ1n) is 10.2. The number of thiazole rings is 1. The third-order valence-corrected chi connectivity index (χ3v) is 5.68. The molecule has 5 nitrogen and oxygen atoms in total. The van der Waals surface area contributed by atoms with E-state index in [1.54, 1.807) is 23.7 Å². The van der Waals surface area contributed by atoms with E-state index in [-0.39, 0.29) is 12.3 Å². The van der Waals surface area contributed by atoms with Gasteiger partial charge in [-0.25, -0.2) is 4.98 Å². The summed E-state index contributed by atoms with van der Waals surface area (Å²) < 4.78 is 5.68. The van der Waals surface area contributed by atoms with Crippen molar-refractivity contribution in [2.45, 2.75) is 19.8 Å². The highest BCUT2D eigenvalue weighted by Crippen LogP contribution is 2.29. The summed E-state index contributed by atoms with van der Waals surface area (Å²) in [7, 11) is 0. The van der Waals surface area contributed by atoms with Gasteiger partial charge in [0.05, 0.1) is 18.7 Å². The molecule has 0 aliphatic carbocycles. The third kappa shape index (κ3) is 5.55. The van der Waals surface area contributed by atoms with Crippen molar-refractivity contribution in [2.75, 3.05) is 11.9 Å². The van der Waals surface area contributed by atoms with Crippen LogP contribution in [0.5, 0.6) is 5.75 Å². The molecule has 0 spiro atoms. The van der Waals surface area contributed by atoms with Crippen LogP contribution in [-0.2, 0) is 11.2 Å². The van der Waals surface area contributed by atoms with Crippen LogP contribution in [0.4, 0.5) is 5.69 Å². The molecular weight excluding hydrogens is 406 g/mol. The topological polar surface area (TPSA) is 64.1 Å². The molecule has 0 radical (unpaired) electrons. The molecule has 1 amide bonds.